The molecule has 4 atom stereocenters. The summed E-state index contributed by atoms with van der Waals surface area (Å²) in [4.78, 5) is 12.3. The van der Waals surface area contributed by atoms with E-state index in [0.29, 0.717) is 23.5 Å². The molecule has 0 amide bonds. The van der Waals surface area contributed by atoms with E-state index in [9.17, 15) is 13.2 Å². The van der Waals surface area contributed by atoms with Crippen LogP contribution in [0.15, 0.2) is 18.2 Å². The van der Waals surface area contributed by atoms with Crippen molar-refractivity contribution in [1.82, 2.24) is 0 Å². The number of ketones is 1. The Labute approximate surface area is 142 Å². The van der Waals surface area contributed by atoms with Gasteiger partial charge in [0, 0.05) is 11.8 Å². The Morgan fingerprint density at radius 2 is 2.00 bits per heavy atom. The van der Waals surface area contributed by atoms with Crippen LogP contribution >= 0.6 is 0 Å². The summed E-state index contributed by atoms with van der Waals surface area (Å²) in [5.41, 5.74) is 2.29. The molecular weight excluding hydrogens is 326 g/mol. The Balaban J connectivity index is 1.65. The number of hydrogen-bond donors (Lipinski definition) is 0. The fraction of sp³-hybridized carbons (Fsp3) is 0.611. The van der Waals surface area contributed by atoms with Gasteiger partial charge in [-0.15, -0.1) is 0 Å². The Morgan fingerprint density at radius 1 is 1.21 bits per heavy atom. The fourth-order valence-corrected chi connectivity index (χ4v) is 5.87. The van der Waals surface area contributed by atoms with E-state index in [0.717, 1.165) is 44.1 Å². The van der Waals surface area contributed by atoms with Gasteiger partial charge in [0.2, 0.25) is 10.3 Å². The van der Waals surface area contributed by atoms with Crippen LogP contribution in [0.2, 0.25) is 0 Å². The topological polar surface area (TPSA) is 84.2 Å². The van der Waals surface area contributed by atoms with Crippen LogP contribution in [0, 0.1) is 17.3 Å². The molecule has 5 nitrogen and oxygen atoms in total. The average molecular weight is 348 g/mol. The SMILES string of the molecule is C[C@]12CC[C@@H]3c4ccc(OS([NH-])(=O)=O)cc4CC[C@H]3[C@@H]1CCC2=O. The molecule has 3 aliphatic rings. The summed E-state index contributed by atoms with van der Waals surface area (Å²) in [6.07, 6.45) is 5.65. The van der Waals surface area contributed by atoms with Crippen LogP contribution in [0.5, 0.6) is 5.75 Å². The predicted molar refractivity (Wildman–Crippen MR) is 89.9 cm³/mol. The van der Waals surface area contributed by atoms with Crippen molar-refractivity contribution in [3.8, 4) is 5.75 Å². The molecule has 1 aromatic carbocycles. The van der Waals surface area contributed by atoms with Crippen molar-refractivity contribution in [2.45, 2.75) is 51.4 Å². The molecule has 0 aliphatic heterocycles. The molecule has 4 rings (SSSR count). The summed E-state index contributed by atoms with van der Waals surface area (Å²) in [6, 6.07) is 5.39. The van der Waals surface area contributed by atoms with Gasteiger partial charge in [0.05, 0.1) is 0 Å². The molecule has 0 bridgehead atoms. The van der Waals surface area contributed by atoms with E-state index in [2.05, 4.69) is 6.92 Å². The zero-order valence-electron chi connectivity index (χ0n) is 13.7. The van der Waals surface area contributed by atoms with Crippen LogP contribution in [0.1, 0.15) is 56.1 Å². The quantitative estimate of drug-likeness (QED) is 0.814. The minimum atomic E-state index is -4.24. The molecule has 1 aromatic rings. The van der Waals surface area contributed by atoms with Crippen LogP contribution in [0.25, 0.3) is 5.14 Å². The van der Waals surface area contributed by atoms with Crippen molar-refractivity contribution in [3.05, 3.63) is 34.5 Å². The summed E-state index contributed by atoms with van der Waals surface area (Å²) >= 11 is 0. The van der Waals surface area contributed by atoms with Crippen molar-refractivity contribution < 1.29 is 17.4 Å². The maximum atomic E-state index is 12.3. The molecule has 2 fully saturated rings. The Bertz CT molecular complexity index is 803. The molecule has 6 heteroatoms. The molecular formula is C18H22NO4S-. The minimum absolute atomic E-state index is 0.124. The Kier molecular flexibility index (Phi) is 3.55. The number of benzene rings is 1. The second kappa shape index (κ2) is 5.30. The molecule has 24 heavy (non-hydrogen) atoms. The number of Topliss-reactive ketones (excluding diaryl/α,β-unsaturated/α-hetero) is 1. The highest BCUT2D eigenvalue weighted by molar-refractivity contribution is 7.88. The first kappa shape index (κ1) is 16.1. The standard InChI is InChI=1S/C18H22NO4S/c1-18-9-8-14-13-5-3-12(23-24(19,21)22)10-11(13)2-4-15(14)16(18)6-7-17(18)20/h3,5,10,14-16H,2,4,6-9H2,1H3,(H-,19,21,22)/q-1/t14-,15-,16+,18+/m1/s1. The Hall–Kier alpha value is -1.40. The van der Waals surface area contributed by atoms with Crippen molar-refractivity contribution in [2.24, 2.45) is 17.3 Å². The van der Waals surface area contributed by atoms with Crippen LogP contribution in [-0.4, -0.2) is 14.2 Å². The van der Waals surface area contributed by atoms with Gasteiger partial charge in [-0.3, -0.25) is 4.79 Å². The van der Waals surface area contributed by atoms with Gasteiger partial charge >= 0.3 is 0 Å². The summed E-state index contributed by atoms with van der Waals surface area (Å²) in [7, 11) is -4.24. The van der Waals surface area contributed by atoms with E-state index in [1.807, 2.05) is 6.07 Å². The summed E-state index contributed by atoms with van der Waals surface area (Å²) < 4.78 is 26.7. The summed E-state index contributed by atoms with van der Waals surface area (Å²) in [6.45, 7) is 2.16. The molecule has 130 valence electrons. The first-order chi connectivity index (χ1) is 11.3. The van der Waals surface area contributed by atoms with Crippen molar-refractivity contribution in [2.75, 3.05) is 0 Å². The number of hydrogen-bond acceptors (Lipinski definition) is 4. The van der Waals surface area contributed by atoms with Gasteiger partial charge in [0.15, 0.2) is 0 Å². The molecule has 0 radical (unpaired) electrons. The third-order valence-corrected chi connectivity index (χ3v) is 7.02. The maximum Gasteiger partial charge on any atom is 0.232 e. The van der Waals surface area contributed by atoms with Gasteiger partial charge in [-0.25, -0.2) is 8.42 Å². The Morgan fingerprint density at radius 3 is 2.75 bits per heavy atom. The molecule has 0 saturated heterocycles. The second-order valence-corrected chi connectivity index (χ2v) is 8.81. The van der Waals surface area contributed by atoms with E-state index in [4.69, 9.17) is 9.32 Å². The lowest BCUT2D eigenvalue weighted by Crippen LogP contribution is -2.42. The number of carbonyl (C=O) groups excluding carboxylic acids is 1. The molecule has 0 spiro atoms. The van der Waals surface area contributed by atoms with Gasteiger partial charge in [-0.2, -0.15) is 0 Å². The first-order valence-corrected chi connectivity index (χ1v) is 10.0. The normalized spacial score (nSPS) is 35.1. The van der Waals surface area contributed by atoms with Crippen LogP contribution < -0.4 is 4.18 Å². The van der Waals surface area contributed by atoms with Gasteiger partial charge in [0.25, 0.3) is 0 Å². The van der Waals surface area contributed by atoms with Crippen molar-refractivity contribution in [3.63, 3.8) is 0 Å². The molecule has 0 heterocycles. The van der Waals surface area contributed by atoms with Gasteiger partial charge in [0.1, 0.15) is 11.5 Å². The van der Waals surface area contributed by atoms with Crippen LogP contribution in [0.4, 0.5) is 0 Å². The highest BCUT2D eigenvalue weighted by Crippen LogP contribution is 2.59. The van der Waals surface area contributed by atoms with E-state index in [1.165, 1.54) is 5.56 Å². The predicted octanol–water partition coefficient (Wildman–Crippen LogP) is 3.79. The zero-order valence-corrected chi connectivity index (χ0v) is 14.6. The number of fused-ring (bicyclic) bond motifs is 5. The van der Waals surface area contributed by atoms with Crippen molar-refractivity contribution >= 4 is 16.1 Å². The maximum absolute atomic E-state index is 12.3. The highest BCUT2D eigenvalue weighted by atomic mass is 32.2. The summed E-state index contributed by atoms with van der Waals surface area (Å²) in [5, 5.41) is 6.90. The van der Waals surface area contributed by atoms with E-state index < -0.39 is 10.3 Å². The number of carbonyl (C=O) groups is 1. The summed E-state index contributed by atoms with van der Waals surface area (Å²) in [5.74, 6) is 2.16. The number of nitrogens with one attached hydrogen (secondary N) is 1. The van der Waals surface area contributed by atoms with Crippen LogP contribution in [0.3, 0.4) is 0 Å². The third-order valence-electron chi connectivity index (χ3n) is 6.61. The minimum Gasteiger partial charge on any atom is -0.529 e. The second-order valence-electron chi connectivity index (χ2n) is 7.73. The average Bonchev–Trinajstić information content (AvgIpc) is 2.81. The number of rotatable bonds is 2. The lowest BCUT2D eigenvalue weighted by atomic mass is 9.55. The fourth-order valence-electron chi connectivity index (χ4n) is 5.51. The van der Waals surface area contributed by atoms with E-state index in [1.54, 1.807) is 12.1 Å². The third kappa shape index (κ3) is 2.47. The zero-order chi connectivity index (χ0) is 17.1. The smallest absolute Gasteiger partial charge is 0.232 e. The van der Waals surface area contributed by atoms with Gasteiger partial charge in [-0.1, -0.05) is 13.0 Å². The lowest BCUT2D eigenvalue weighted by molar-refractivity contribution is -0.129. The van der Waals surface area contributed by atoms with Crippen LogP contribution in [-0.2, 0) is 21.5 Å². The van der Waals surface area contributed by atoms with E-state index >= 15 is 0 Å². The van der Waals surface area contributed by atoms with Gasteiger partial charge < -0.3 is 9.32 Å². The van der Waals surface area contributed by atoms with Gasteiger partial charge in [-0.05, 0) is 73.1 Å². The largest absolute Gasteiger partial charge is 0.529 e. The molecule has 0 unspecified atom stereocenters. The monoisotopic (exact) mass is 348 g/mol. The highest BCUT2D eigenvalue weighted by Gasteiger charge is 2.54. The molecule has 2 saturated carbocycles. The van der Waals surface area contributed by atoms with E-state index in [-0.39, 0.29) is 11.2 Å². The molecule has 3 aliphatic carbocycles. The number of aryl methyl sites for hydroxylation is 1. The van der Waals surface area contributed by atoms with Crippen molar-refractivity contribution in [1.29, 1.82) is 0 Å². The first-order valence-electron chi connectivity index (χ1n) is 8.63. The lowest BCUT2D eigenvalue weighted by Gasteiger charge is -2.48. The molecule has 0 aromatic heterocycles. The molecule has 1 N–H and O–H groups in total.